The quantitative estimate of drug-likeness (QED) is 0.536. The predicted octanol–water partition coefficient (Wildman–Crippen LogP) is 0.609. The number of nitrogens with one attached hydrogen (secondary N) is 1. The van der Waals surface area contributed by atoms with E-state index in [0.717, 1.165) is 11.9 Å². The lowest BCUT2D eigenvalue weighted by Gasteiger charge is -2.01. The summed E-state index contributed by atoms with van der Waals surface area (Å²) in [6.07, 6.45) is 0. The largest absolute Gasteiger partial charge is 0.351 e. The highest BCUT2D eigenvalue weighted by Gasteiger charge is 2.08. The molecular formula is C7H8N2O4S2. The highest BCUT2D eigenvalue weighted by atomic mass is 32.2. The first-order valence-corrected chi connectivity index (χ1v) is 5.95. The van der Waals surface area contributed by atoms with Crippen LogP contribution in [0.25, 0.3) is 0 Å². The summed E-state index contributed by atoms with van der Waals surface area (Å²) in [5.74, 6) is 0. The Morgan fingerprint density at radius 2 is 1.87 bits per heavy atom. The number of hydrogen-bond donors (Lipinski definition) is 3. The van der Waals surface area contributed by atoms with Gasteiger partial charge >= 0.3 is 6.03 Å². The minimum absolute atomic E-state index is 0.203. The van der Waals surface area contributed by atoms with Crippen LogP contribution < -0.4 is 10.5 Å². The third kappa shape index (κ3) is 3.78. The van der Waals surface area contributed by atoms with Crippen molar-refractivity contribution >= 4 is 28.1 Å². The smallest absolute Gasteiger partial charge is 0.322 e. The van der Waals surface area contributed by atoms with Crippen LogP contribution in [0, 0.1) is 0 Å². The second kappa shape index (κ2) is 4.51. The van der Waals surface area contributed by atoms with E-state index in [9.17, 15) is 13.2 Å². The molecule has 0 atom stereocenters. The van der Waals surface area contributed by atoms with Crippen molar-refractivity contribution in [1.29, 1.82) is 0 Å². The van der Waals surface area contributed by atoms with Gasteiger partial charge in [0.25, 0.3) is 10.1 Å². The number of carbonyl (C=O) groups is 1. The van der Waals surface area contributed by atoms with Crippen LogP contribution in [0.4, 0.5) is 4.79 Å². The number of amides is 2. The van der Waals surface area contributed by atoms with Crippen molar-refractivity contribution in [2.75, 3.05) is 0 Å². The van der Waals surface area contributed by atoms with E-state index < -0.39 is 16.1 Å². The van der Waals surface area contributed by atoms with E-state index in [0.29, 0.717) is 4.90 Å². The zero-order valence-corrected chi connectivity index (χ0v) is 9.01. The lowest BCUT2D eigenvalue weighted by atomic mass is 10.4. The third-order valence-corrected chi connectivity index (χ3v) is 3.07. The van der Waals surface area contributed by atoms with Gasteiger partial charge in [-0.2, -0.15) is 8.42 Å². The molecule has 1 aromatic rings. The molecule has 0 saturated carbocycles. The van der Waals surface area contributed by atoms with Crippen LogP contribution in [0.1, 0.15) is 0 Å². The molecule has 0 aliphatic rings. The average Bonchev–Trinajstić information content (AvgIpc) is 2.14. The second-order valence-corrected chi connectivity index (χ2v) is 4.82. The van der Waals surface area contributed by atoms with Crippen molar-refractivity contribution < 1.29 is 17.8 Å². The van der Waals surface area contributed by atoms with Crippen molar-refractivity contribution in [2.24, 2.45) is 5.73 Å². The van der Waals surface area contributed by atoms with Gasteiger partial charge in [-0.25, -0.2) is 4.79 Å². The number of primary amides is 1. The Kier molecular flexibility index (Phi) is 3.56. The monoisotopic (exact) mass is 248 g/mol. The Morgan fingerprint density at radius 3 is 2.27 bits per heavy atom. The number of benzene rings is 1. The third-order valence-electron chi connectivity index (χ3n) is 1.39. The van der Waals surface area contributed by atoms with Gasteiger partial charge in [0, 0.05) is 4.90 Å². The highest BCUT2D eigenvalue weighted by molar-refractivity contribution is 7.98. The number of rotatable bonds is 3. The molecule has 0 bridgehead atoms. The van der Waals surface area contributed by atoms with E-state index in [2.05, 4.69) is 4.72 Å². The van der Waals surface area contributed by atoms with Crippen LogP contribution >= 0.6 is 11.9 Å². The zero-order valence-electron chi connectivity index (χ0n) is 7.38. The van der Waals surface area contributed by atoms with Gasteiger partial charge in [0.15, 0.2) is 0 Å². The number of carbonyl (C=O) groups excluding carboxylic acids is 1. The topological polar surface area (TPSA) is 109 Å². The molecule has 0 fully saturated rings. The van der Waals surface area contributed by atoms with Gasteiger partial charge in [0.2, 0.25) is 0 Å². The first kappa shape index (κ1) is 11.8. The lowest BCUT2D eigenvalue weighted by molar-refractivity contribution is 0.254. The first-order valence-electron chi connectivity index (χ1n) is 3.69. The van der Waals surface area contributed by atoms with Crippen molar-refractivity contribution in [3.63, 3.8) is 0 Å². The minimum Gasteiger partial charge on any atom is -0.351 e. The normalized spacial score (nSPS) is 11.0. The molecule has 1 aromatic carbocycles. The summed E-state index contributed by atoms with van der Waals surface area (Å²) in [4.78, 5) is 10.7. The van der Waals surface area contributed by atoms with Crippen molar-refractivity contribution in [3.8, 4) is 0 Å². The minimum atomic E-state index is -4.17. The summed E-state index contributed by atoms with van der Waals surface area (Å²) in [6.45, 7) is 0. The van der Waals surface area contributed by atoms with Crippen LogP contribution in [-0.2, 0) is 10.1 Å². The molecule has 0 saturated heterocycles. The first-order chi connectivity index (χ1) is 6.89. The maximum Gasteiger partial charge on any atom is 0.322 e. The summed E-state index contributed by atoms with van der Waals surface area (Å²) in [5.41, 5.74) is 4.83. The molecule has 82 valence electrons. The van der Waals surface area contributed by atoms with Gasteiger partial charge in [0.1, 0.15) is 0 Å². The summed E-state index contributed by atoms with van der Waals surface area (Å²) in [7, 11) is -4.17. The maximum absolute atomic E-state index is 10.7. The Morgan fingerprint density at radius 1 is 1.33 bits per heavy atom. The van der Waals surface area contributed by atoms with Gasteiger partial charge in [-0.3, -0.25) is 9.27 Å². The van der Waals surface area contributed by atoms with E-state index in [1.54, 1.807) is 0 Å². The molecule has 4 N–H and O–H groups in total. The SMILES string of the molecule is NC(=O)NSc1ccc(S(=O)(=O)O)cc1. The molecule has 15 heavy (non-hydrogen) atoms. The van der Waals surface area contributed by atoms with Crippen LogP contribution in [0.5, 0.6) is 0 Å². The summed E-state index contributed by atoms with van der Waals surface area (Å²) >= 11 is 0.947. The molecule has 0 aliphatic heterocycles. The van der Waals surface area contributed by atoms with Gasteiger partial charge in [0.05, 0.1) is 4.90 Å². The Labute approximate surface area is 90.7 Å². The Hall–Kier alpha value is -1.25. The molecule has 8 heteroatoms. The summed E-state index contributed by atoms with van der Waals surface area (Å²) < 4.78 is 32.3. The molecule has 0 aromatic heterocycles. The molecule has 1 rings (SSSR count). The van der Waals surface area contributed by atoms with Crippen LogP contribution in [-0.4, -0.2) is 19.0 Å². The highest BCUT2D eigenvalue weighted by Crippen LogP contribution is 2.17. The average molecular weight is 248 g/mol. The van der Waals surface area contributed by atoms with Gasteiger partial charge < -0.3 is 5.73 Å². The molecule has 0 aliphatic carbocycles. The standard InChI is InChI=1S/C7H8N2O4S2/c8-7(10)9-14-5-1-3-6(4-2-5)15(11,12)13/h1-4H,(H3,8,9,10)(H,11,12,13). The molecular weight excluding hydrogens is 240 g/mol. The van der Waals surface area contributed by atoms with E-state index in [1.165, 1.54) is 24.3 Å². The predicted molar refractivity (Wildman–Crippen MR) is 54.8 cm³/mol. The molecule has 0 unspecified atom stereocenters. The molecule has 0 spiro atoms. The zero-order chi connectivity index (χ0) is 11.5. The Balaban J connectivity index is 2.77. The second-order valence-electron chi connectivity index (χ2n) is 2.51. The fourth-order valence-electron chi connectivity index (χ4n) is 0.789. The van der Waals surface area contributed by atoms with Crippen molar-refractivity contribution in [2.45, 2.75) is 9.79 Å². The van der Waals surface area contributed by atoms with E-state index in [-0.39, 0.29) is 4.90 Å². The fraction of sp³-hybridized carbons (Fsp3) is 0. The summed E-state index contributed by atoms with van der Waals surface area (Å²) in [6, 6.07) is 4.62. The molecule has 2 amide bonds. The number of urea groups is 1. The van der Waals surface area contributed by atoms with Gasteiger partial charge in [-0.05, 0) is 36.2 Å². The molecule has 0 radical (unpaired) electrons. The number of hydrogen-bond acceptors (Lipinski definition) is 4. The van der Waals surface area contributed by atoms with Crippen LogP contribution in [0.15, 0.2) is 34.1 Å². The van der Waals surface area contributed by atoms with Gasteiger partial charge in [-0.15, -0.1) is 0 Å². The summed E-state index contributed by atoms with van der Waals surface area (Å²) in [5, 5.41) is 0. The van der Waals surface area contributed by atoms with Crippen molar-refractivity contribution in [3.05, 3.63) is 24.3 Å². The van der Waals surface area contributed by atoms with E-state index in [4.69, 9.17) is 10.3 Å². The number of nitrogens with two attached hydrogens (primary N) is 1. The maximum atomic E-state index is 10.7. The van der Waals surface area contributed by atoms with E-state index >= 15 is 0 Å². The fourth-order valence-corrected chi connectivity index (χ4v) is 1.76. The Bertz CT molecular complexity index is 454. The van der Waals surface area contributed by atoms with Gasteiger partial charge in [-0.1, -0.05) is 0 Å². The lowest BCUT2D eigenvalue weighted by Crippen LogP contribution is -2.22. The van der Waals surface area contributed by atoms with Crippen molar-refractivity contribution in [1.82, 2.24) is 4.72 Å². The van der Waals surface area contributed by atoms with Crippen LogP contribution in [0.3, 0.4) is 0 Å². The van der Waals surface area contributed by atoms with Crippen LogP contribution in [0.2, 0.25) is 0 Å². The van der Waals surface area contributed by atoms with E-state index in [1.807, 2.05) is 0 Å². The molecule has 6 nitrogen and oxygen atoms in total. The molecule has 0 heterocycles.